The van der Waals surface area contributed by atoms with Gasteiger partial charge < -0.3 is 10.4 Å². The van der Waals surface area contributed by atoms with Crippen molar-refractivity contribution in [3.63, 3.8) is 0 Å². The van der Waals surface area contributed by atoms with E-state index in [9.17, 15) is 14.3 Å². The number of halogens is 1. The molecule has 82 valence electrons. The third-order valence-electron chi connectivity index (χ3n) is 2.09. The van der Waals surface area contributed by atoms with Gasteiger partial charge in [-0.2, -0.15) is 0 Å². The van der Waals surface area contributed by atoms with Crippen LogP contribution in [0.1, 0.15) is 29.8 Å². The average molecular weight is 211 g/mol. The molecule has 0 spiro atoms. The number of amides is 1. The molecule has 0 saturated heterocycles. The van der Waals surface area contributed by atoms with Gasteiger partial charge in [-0.25, -0.2) is 4.39 Å². The van der Waals surface area contributed by atoms with Crippen molar-refractivity contribution < 1.29 is 14.3 Å². The van der Waals surface area contributed by atoms with Gasteiger partial charge in [0.15, 0.2) is 0 Å². The second-order valence-electron chi connectivity index (χ2n) is 3.87. The minimum atomic E-state index is -1.16. The fourth-order valence-corrected chi connectivity index (χ4v) is 1.22. The summed E-state index contributed by atoms with van der Waals surface area (Å²) in [6.07, 6.45) is 0. The number of aliphatic hydroxyl groups is 1. The first-order valence-corrected chi connectivity index (χ1v) is 4.60. The Hall–Kier alpha value is -1.42. The van der Waals surface area contributed by atoms with Gasteiger partial charge in [0.2, 0.25) is 0 Å². The lowest BCUT2D eigenvalue weighted by atomic mass is 9.96. The predicted molar refractivity (Wildman–Crippen MR) is 55.0 cm³/mol. The van der Waals surface area contributed by atoms with Gasteiger partial charge in [0.1, 0.15) is 5.82 Å². The summed E-state index contributed by atoms with van der Waals surface area (Å²) in [5.41, 5.74) is -0.582. The number of nitrogens with one attached hydrogen (secondary N) is 1. The molecular weight excluding hydrogens is 197 g/mol. The zero-order valence-electron chi connectivity index (χ0n) is 8.97. The maximum absolute atomic E-state index is 13.2. The maximum atomic E-state index is 13.2. The summed E-state index contributed by atoms with van der Waals surface area (Å²) in [7, 11) is 1.47. The van der Waals surface area contributed by atoms with Gasteiger partial charge in [-0.05, 0) is 37.6 Å². The van der Waals surface area contributed by atoms with Crippen molar-refractivity contribution in [3.8, 4) is 0 Å². The summed E-state index contributed by atoms with van der Waals surface area (Å²) < 4.78 is 13.2. The van der Waals surface area contributed by atoms with Gasteiger partial charge in [0, 0.05) is 12.6 Å². The van der Waals surface area contributed by atoms with Crippen LogP contribution in [0.5, 0.6) is 0 Å². The van der Waals surface area contributed by atoms with Crippen LogP contribution in [0.15, 0.2) is 18.2 Å². The van der Waals surface area contributed by atoms with E-state index in [0.717, 1.165) is 6.07 Å². The minimum Gasteiger partial charge on any atom is -0.386 e. The van der Waals surface area contributed by atoms with E-state index in [-0.39, 0.29) is 11.5 Å². The molecule has 0 aliphatic heterocycles. The molecule has 0 aromatic heterocycles. The van der Waals surface area contributed by atoms with E-state index in [1.165, 1.54) is 33.0 Å². The second kappa shape index (κ2) is 3.98. The van der Waals surface area contributed by atoms with Crippen molar-refractivity contribution in [1.29, 1.82) is 0 Å². The van der Waals surface area contributed by atoms with Crippen LogP contribution in [-0.2, 0) is 5.60 Å². The molecule has 0 aliphatic carbocycles. The molecule has 0 radical (unpaired) electrons. The molecule has 1 aromatic carbocycles. The zero-order chi connectivity index (χ0) is 11.6. The lowest BCUT2D eigenvalue weighted by molar-refractivity contribution is 0.0780. The fraction of sp³-hybridized carbons (Fsp3) is 0.364. The number of carbonyl (C=O) groups is 1. The lowest BCUT2D eigenvalue weighted by Gasteiger charge is -2.18. The SMILES string of the molecule is CNC(=O)c1cc(F)cc(C(C)(C)O)c1. The van der Waals surface area contributed by atoms with Crippen LogP contribution in [-0.4, -0.2) is 18.1 Å². The molecule has 0 fully saturated rings. The summed E-state index contributed by atoms with van der Waals surface area (Å²) in [6, 6.07) is 3.82. The van der Waals surface area contributed by atoms with E-state index < -0.39 is 11.4 Å². The molecule has 1 aromatic rings. The Bertz CT molecular complexity index is 383. The normalized spacial score (nSPS) is 11.3. The van der Waals surface area contributed by atoms with Crippen molar-refractivity contribution in [3.05, 3.63) is 35.1 Å². The van der Waals surface area contributed by atoms with Crippen molar-refractivity contribution in [2.24, 2.45) is 0 Å². The van der Waals surface area contributed by atoms with Gasteiger partial charge in [-0.15, -0.1) is 0 Å². The Kier molecular flexibility index (Phi) is 3.09. The number of carbonyl (C=O) groups excluding carboxylic acids is 1. The van der Waals surface area contributed by atoms with Crippen molar-refractivity contribution in [2.45, 2.75) is 19.4 Å². The Labute approximate surface area is 87.9 Å². The Morgan fingerprint density at radius 2 is 2.00 bits per heavy atom. The summed E-state index contributed by atoms with van der Waals surface area (Å²) in [4.78, 5) is 11.3. The first kappa shape index (κ1) is 11.7. The summed E-state index contributed by atoms with van der Waals surface area (Å²) >= 11 is 0. The number of benzene rings is 1. The molecule has 3 nitrogen and oxygen atoms in total. The van der Waals surface area contributed by atoms with E-state index >= 15 is 0 Å². The highest BCUT2D eigenvalue weighted by Gasteiger charge is 2.18. The van der Waals surface area contributed by atoms with Crippen molar-refractivity contribution in [1.82, 2.24) is 5.32 Å². The Morgan fingerprint density at radius 1 is 1.40 bits per heavy atom. The first-order chi connectivity index (χ1) is 6.84. The van der Waals surface area contributed by atoms with Crippen LogP contribution in [0.2, 0.25) is 0 Å². The quantitative estimate of drug-likeness (QED) is 0.777. The zero-order valence-corrected chi connectivity index (χ0v) is 8.97. The van der Waals surface area contributed by atoms with E-state index in [1.54, 1.807) is 0 Å². The molecule has 0 aliphatic rings. The van der Waals surface area contributed by atoms with Crippen LogP contribution in [0.3, 0.4) is 0 Å². The third kappa shape index (κ3) is 2.76. The van der Waals surface area contributed by atoms with Crippen molar-refractivity contribution in [2.75, 3.05) is 7.05 Å². The molecular formula is C11H14FNO2. The summed E-state index contributed by atoms with van der Waals surface area (Å²) in [5, 5.41) is 12.1. The van der Waals surface area contributed by atoms with Gasteiger partial charge >= 0.3 is 0 Å². The minimum absolute atomic E-state index is 0.203. The van der Waals surface area contributed by atoms with Crippen LogP contribution >= 0.6 is 0 Å². The topological polar surface area (TPSA) is 49.3 Å². The average Bonchev–Trinajstić information content (AvgIpc) is 2.14. The number of hydrogen-bond donors (Lipinski definition) is 2. The highest BCUT2D eigenvalue weighted by Crippen LogP contribution is 2.21. The molecule has 0 atom stereocenters. The summed E-state index contributed by atoms with van der Waals surface area (Å²) in [6.45, 7) is 3.07. The molecule has 4 heteroatoms. The molecule has 0 saturated carbocycles. The molecule has 0 bridgehead atoms. The predicted octanol–water partition coefficient (Wildman–Crippen LogP) is 1.41. The number of rotatable bonds is 2. The van der Waals surface area contributed by atoms with Gasteiger partial charge in [-0.1, -0.05) is 0 Å². The van der Waals surface area contributed by atoms with E-state index in [4.69, 9.17) is 0 Å². The standard InChI is InChI=1S/C11H14FNO2/c1-11(2,15)8-4-7(10(14)13-3)5-9(12)6-8/h4-6,15H,1-3H3,(H,13,14). The monoisotopic (exact) mass is 211 g/mol. The molecule has 2 N–H and O–H groups in total. The van der Waals surface area contributed by atoms with Crippen LogP contribution in [0.25, 0.3) is 0 Å². The second-order valence-corrected chi connectivity index (χ2v) is 3.87. The Balaban J connectivity index is 3.23. The first-order valence-electron chi connectivity index (χ1n) is 4.60. The van der Waals surface area contributed by atoms with Gasteiger partial charge in [-0.3, -0.25) is 4.79 Å². The largest absolute Gasteiger partial charge is 0.386 e. The number of hydrogen-bond acceptors (Lipinski definition) is 2. The molecule has 0 unspecified atom stereocenters. The van der Waals surface area contributed by atoms with Gasteiger partial charge in [0.25, 0.3) is 5.91 Å². The Morgan fingerprint density at radius 3 is 2.47 bits per heavy atom. The highest BCUT2D eigenvalue weighted by atomic mass is 19.1. The van der Waals surface area contributed by atoms with Crippen LogP contribution in [0, 0.1) is 5.82 Å². The van der Waals surface area contributed by atoms with Crippen LogP contribution < -0.4 is 5.32 Å². The third-order valence-corrected chi connectivity index (χ3v) is 2.09. The van der Waals surface area contributed by atoms with Gasteiger partial charge in [0.05, 0.1) is 5.60 Å². The van der Waals surface area contributed by atoms with E-state index in [2.05, 4.69) is 5.32 Å². The molecule has 1 rings (SSSR count). The molecule has 1 amide bonds. The maximum Gasteiger partial charge on any atom is 0.251 e. The van der Waals surface area contributed by atoms with E-state index in [1.807, 2.05) is 0 Å². The fourth-order valence-electron chi connectivity index (χ4n) is 1.22. The smallest absolute Gasteiger partial charge is 0.251 e. The van der Waals surface area contributed by atoms with Crippen molar-refractivity contribution >= 4 is 5.91 Å². The summed E-state index contributed by atoms with van der Waals surface area (Å²) in [5.74, 6) is -0.909. The van der Waals surface area contributed by atoms with Crippen LogP contribution in [0.4, 0.5) is 4.39 Å². The lowest BCUT2D eigenvalue weighted by Crippen LogP contribution is -2.21. The molecule has 0 heterocycles. The molecule has 15 heavy (non-hydrogen) atoms. The van der Waals surface area contributed by atoms with E-state index in [0.29, 0.717) is 5.56 Å². The highest BCUT2D eigenvalue weighted by molar-refractivity contribution is 5.94.